The molecule has 7 nitrogen and oxygen atoms in total. The third-order valence-corrected chi connectivity index (χ3v) is 9.48. The quantitative estimate of drug-likeness (QED) is 0.0766. The van der Waals surface area contributed by atoms with E-state index in [4.69, 9.17) is 14.2 Å². The molecule has 4 rings (SSSR count). The predicted octanol–water partition coefficient (Wildman–Crippen LogP) is 8.69. The SMILES string of the molecule is O=C(CCCCCCCCCCCCOC1CCCCO1)C(=O)N1CCCC[C@H]1C(=O)OC(CCc1ccccc1)c1ccccc1. The molecule has 0 bridgehead atoms. The molecule has 2 aliphatic heterocycles. The maximum absolute atomic E-state index is 13.5. The Kier molecular flexibility index (Phi) is 17.0. The number of hydrogen-bond donors (Lipinski definition) is 0. The molecule has 0 aliphatic carbocycles. The number of ether oxygens (including phenoxy) is 3. The molecule has 0 radical (unpaired) electrons. The number of nitrogens with zero attached hydrogens (tertiary/aromatic N) is 1. The zero-order chi connectivity index (χ0) is 32.9. The Bertz CT molecular complexity index is 1170. The van der Waals surface area contributed by atoms with Crippen LogP contribution >= 0.6 is 0 Å². The molecular weight excluding hydrogens is 590 g/mol. The minimum absolute atomic E-state index is 0.0245. The van der Waals surface area contributed by atoms with E-state index in [1.54, 1.807) is 0 Å². The lowest BCUT2D eigenvalue weighted by Crippen LogP contribution is -2.51. The van der Waals surface area contributed by atoms with Crippen molar-refractivity contribution in [3.63, 3.8) is 0 Å². The molecule has 47 heavy (non-hydrogen) atoms. The van der Waals surface area contributed by atoms with E-state index in [-0.39, 0.29) is 18.5 Å². The molecule has 0 spiro atoms. The molecule has 0 N–H and O–H groups in total. The van der Waals surface area contributed by atoms with Crippen molar-refractivity contribution in [1.82, 2.24) is 4.90 Å². The second-order valence-corrected chi connectivity index (χ2v) is 13.2. The van der Waals surface area contributed by atoms with Gasteiger partial charge in [-0.05, 0) is 75.3 Å². The Morgan fingerprint density at radius 2 is 1.38 bits per heavy atom. The van der Waals surface area contributed by atoms with Crippen LogP contribution in [-0.4, -0.2) is 54.7 Å². The van der Waals surface area contributed by atoms with E-state index >= 15 is 0 Å². The van der Waals surface area contributed by atoms with Crippen molar-refractivity contribution in [2.45, 2.75) is 140 Å². The average Bonchev–Trinajstić information content (AvgIpc) is 3.12. The first-order chi connectivity index (χ1) is 23.1. The molecule has 0 aromatic heterocycles. The number of benzene rings is 2. The average molecular weight is 648 g/mol. The number of esters is 1. The number of amides is 1. The van der Waals surface area contributed by atoms with Gasteiger partial charge in [-0.25, -0.2) is 4.79 Å². The zero-order valence-corrected chi connectivity index (χ0v) is 28.5. The summed E-state index contributed by atoms with van der Waals surface area (Å²) in [5.41, 5.74) is 2.12. The van der Waals surface area contributed by atoms with Gasteiger partial charge in [-0.1, -0.05) is 112 Å². The number of carbonyl (C=O) groups excluding carboxylic acids is 3. The monoisotopic (exact) mass is 647 g/mol. The predicted molar refractivity (Wildman–Crippen MR) is 185 cm³/mol. The van der Waals surface area contributed by atoms with Crippen molar-refractivity contribution in [2.75, 3.05) is 19.8 Å². The Morgan fingerprint density at radius 3 is 2.06 bits per heavy atom. The van der Waals surface area contributed by atoms with Crippen LogP contribution in [0.4, 0.5) is 0 Å². The number of likely N-dealkylation sites (tertiary alicyclic amines) is 1. The van der Waals surface area contributed by atoms with Gasteiger partial charge < -0.3 is 19.1 Å². The third-order valence-electron chi connectivity index (χ3n) is 9.48. The molecule has 258 valence electrons. The fraction of sp³-hybridized carbons (Fsp3) is 0.625. The smallest absolute Gasteiger partial charge is 0.329 e. The van der Waals surface area contributed by atoms with Gasteiger partial charge in [0.1, 0.15) is 12.1 Å². The molecular formula is C40H57NO6. The van der Waals surface area contributed by atoms with Crippen LogP contribution in [-0.2, 0) is 35.0 Å². The molecule has 2 saturated heterocycles. The summed E-state index contributed by atoms with van der Waals surface area (Å²) in [6, 6.07) is 19.2. The number of carbonyl (C=O) groups is 3. The summed E-state index contributed by atoms with van der Waals surface area (Å²) in [4.78, 5) is 41.2. The number of hydrogen-bond acceptors (Lipinski definition) is 6. The van der Waals surface area contributed by atoms with Crippen molar-refractivity contribution in [1.29, 1.82) is 0 Å². The van der Waals surface area contributed by atoms with E-state index in [9.17, 15) is 14.4 Å². The Labute approximate surface area is 282 Å². The highest BCUT2D eigenvalue weighted by Gasteiger charge is 2.36. The van der Waals surface area contributed by atoms with Gasteiger partial charge in [0.15, 0.2) is 6.29 Å². The van der Waals surface area contributed by atoms with Gasteiger partial charge in [-0.2, -0.15) is 0 Å². The van der Waals surface area contributed by atoms with Crippen molar-refractivity contribution in [2.24, 2.45) is 0 Å². The number of unbranched alkanes of at least 4 members (excludes halogenated alkanes) is 9. The minimum atomic E-state index is -0.707. The van der Waals surface area contributed by atoms with E-state index in [2.05, 4.69) is 12.1 Å². The van der Waals surface area contributed by atoms with Gasteiger partial charge in [-0.15, -0.1) is 0 Å². The fourth-order valence-electron chi connectivity index (χ4n) is 6.67. The minimum Gasteiger partial charge on any atom is -0.456 e. The summed E-state index contributed by atoms with van der Waals surface area (Å²) in [7, 11) is 0. The zero-order valence-electron chi connectivity index (χ0n) is 28.5. The summed E-state index contributed by atoms with van der Waals surface area (Å²) >= 11 is 0. The van der Waals surface area contributed by atoms with Crippen molar-refractivity contribution >= 4 is 17.7 Å². The van der Waals surface area contributed by atoms with Crippen LogP contribution in [0.3, 0.4) is 0 Å². The fourth-order valence-corrected chi connectivity index (χ4v) is 6.67. The first-order valence-corrected chi connectivity index (χ1v) is 18.5. The summed E-state index contributed by atoms with van der Waals surface area (Å²) in [5, 5.41) is 0. The first-order valence-electron chi connectivity index (χ1n) is 18.5. The van der Waals surface area contributed by atoms with Crippen molar-refractivity contribution in [3.8, 4) is 0 Å². The van der Waals surface area contributed by atoms with Crippen LogP contribution in [0.2, 0.25) is 0 Å². The second kappa shape index (κ2) is 21.8. The van der Waals surface area contributed by atoms with E-state index in [0.29, 0.717) is 25.8 Å². The summed E-state index contributed by atoms with van der Waals surface area (Å²) in [5.74, 6) is -1.31. The molecule has 7 heteroatoms. The topological polar surface area (TPSA) is 82.1 Å². The largest absolute Gasteiger partial charge is 0.456 e. The third kappa shape index (κ3) is 13.5. The van der Waals surface area contributed by atoms with E-state index in [1.165, 1.54) is 49.0 Å². The molecule has 2 heterocycles. The molecule has 2 aromatic rings. The Balaban J connectivity index is 1.10. The number of rotatable bonds is 21. The molecule has 3 atom stereocenters. The summed E-state index contributed by atoms with van der Waals surface area (Å²) in [6.07, 6.45) is 18.0. The number of Topliss-reactive ketones (excluding diaryl/α,β-unsaturated/α-hetero) is 1. The highest BCUT2D eigenvalue weighted by atomic mass is 16.7. The molecule has 0 saturated carbocycles. The van der Waals surface area contributed by atoms with Crippen LogP contribution in [0, 0.1) is 0 Å². The number of ketones is 1. The van der Waals surface area contributed by atoms with E-state index in [0.717, 1.165) is 76.6 Å². The molecule has 2 aliphatic rings. The normalized spacial score (nSPS) is 18.9. The first kappa shape index (κ1) is 36.8. The van der Waals surface area contributed by atoms with Crippen LogP contribution in [0.1, 0.15) is 133 Å². The number of aryl methyl sites for hydroxylation is 1. The molecule has 1 amide bonds. The van der Waals surface area contributed by atoms with E-state index < -0.39 is 24.0 Å². The Hall–Kier alpha value is -3.03. The van der Waals surface area contributed by atoms with Crippen molar-refractivity contribution < 1.29 is 28.6 Å². The maximum atomic E-state index is 13.5. The van der Waals surface area contributed by atoms with Gasteiger partial charge in [0.2, 0.25) is 5.78 Å². The van der Waals surface area contributed by atoms with Gasteiger partial charge in [0.05, 0.1) is 0 Å². The second-order valence-electron chi connectivity index (χ2n) is 13.2. The standard InChI is InChI=1S/C40H57NO6/c42-36(26-15-7-5-3-1-2-4-6-8-19-31-45-38-27-17-20-32-46-38)39(43)41-30-18-16-25-35(41)40(44)47-37(34-23-13-10-14-24-34)29-28-33-21-11-9-12-22-33/h9-14,21-24,35,37-38H,1-8,15-20,25-32H2/t35-,37?,38?/m0/s1. The lowest BCUT2D eigenvalue weighted by molar-refractivity contribution is -0.163. The Morgan fingerprint density at radius 1 is 0.745 bits per heavy atom. The molecule has 2 aromatic carbocycles. The van der Waals surface area contributed by atoms with Crippen LogP contribution in [0.25, 0.3) is 0 Å². The number of piperidine rings is 1. The maximum Gasteiger partial charge on any atom is 0.329 e. The lowest BCUT2D eigenvalue weighted by atomic mass is 9.99. The molecule has 2 unspecified atom stereocenters. The van der Waals surface area contributed by atoms with Gasteiger partial charge in [0.25, 0.3) is 5.91 Å². The summed E-state index contributed by atoms with van der Waals surface area (Å²) < 4.78 is 17.5. The van der Waals surface area contributed by atoms with Crippen LogP contribution < -0.4 is 0 Å². The van der Waals surface area contributed by atoms with E-state index in [1.807, 2.05) is 48.5 Å². The van der Waals surface area contributed by atoms with Gasteiger partial charge in [0, 0.05) is 26.2 Å². The highest BCUT2D eigenvalue weighted by Crippen LogP contribution is 2.27. The van der Waals surface area contributed by atoms with Gasteiger partial charge >= 0.3 is 5.97 Å². The highest BCUT2D eigenvalue weighted by molar-refractivity contribution is 6.36. The van der Waals surface area contributed by atoms with Gasteiger partial charge in [-0.3, -0.25) is 9.59 Å². The van der Waals surface area contributed by atoms with Crippen LogP contribution in [0.5, 0.6) is 0 Å². The van der Waals surface area contributed by atoms with Crippen molar-refractivity contribution in [3.05, 3.63) is 71.8 Å². The molecule has 2 fully saturated rings. The summed E-state index contributed by atoms with van der Waals surface area (Å²) in [6.45, 7) is 2.06. The lowest BCUT2D eigenvalue weighted by Gasteiger charge is -2.34. The van der Waals surface area contributed by atoms with Crippen LogP contribution in [0.15, 0.2) is 60.7 Å².